The molecule has 1 aromatic carbocycles. The van der Waals surface area contributed by atoms with Crippen molar-refractivity contribution in [1.82, 2.24) is 10.2 Å². The minimum Gasteiger partial charge on any atom is -0.447 e. The lowest BCUT2D eigenvalue weighted by Crippen LogP contribution is -2.58. The molecule has 0 unspecified atom stereocenters. The molecule has 2 rings (SSSR count). The molecule has 0 spiro atoms. The van der Waals surface area contributed by atoms with Crippen LogP contribution < -0.4 is 11.1 Å². The second-order valence-corrected chi connectivity index (χ2v) is 8.00. The van der Waals surface area contributed by atoms with Gasteiger partial charge in [0.05, 0.1) is 29.7 Å². The molecule has 11 heteroatoms. The molecule has 1 heterocycles. The van der Waals surface area contributed by atoms with Gasteiger partial charge in [0.2, 0.25) is 5.91 Å². The Morgan fingerprint density at radius 2 is 1.93 bits per heavy atom. The Morgan fingerprint density at radius 1 is 1.31 bits per heavy atom. The number of nitrogens with one attached hydrogen (secondary N) is 1. The third kappa shape index (κ3) is 6.45. The maximum atomic E-state index is 12.9. The highest BCUT2D eigenvalue weighted by atomic mass is 35.5. The molecule has 160 valence electrons. The number of ether oxygens (including phenoxy) is 2. The van der Waals surface area contributed by atoms with E-state index in [-0.39, 0.29) is 17.2 Å². The minimum absolute atomic E-state index is 0.00821. The molecule has 0 aromatic heterocycles. The summed E-state index contributed by atoms with van der Waals surface area (Å²) in [5, 5.41) is 2.63. The SMILES string of the molecule is CC(C)(C)OC(=O)N[C@H](COC(=O)N1CC(F)(F)C1)c1ccc(Cl)c(C(N)=O)c1. The lowest BCUT2D eigenvalue weighted by Gasteiger charge is -2.37. The van der Waals surface area contributed by atoms with Crippen molar-refractivity contribution in [2.24, 2.45) is 5.73 Å². The Labute approximate surface area is 171 Å². The van der Waals surface area contributed by atoms with Crippen LogP contribution in [-0.2, 0) is 9.47 Å². The van der Waals surface area contributed by atoms with E-state index in [1.165, 1.54) is 18.2 Å². The van der Waals surface area contributed by atoms with Crippen molar-refractivity contribution in [3.05, 3.63) is 34.3 Å². The van der Waals surface area contributed by atoms with E-state index in [1.807, 2.05) is 0 Å². The number of primary amides is 1. The fourth-order valence-corrected chi connectivity index (χ4v) is 2.72. The molecular weight excluding hydrogens is 412 g/mol. The molecular formula is C18H22ClF2N3O5. The third-order valence-electron chi connectivity index (χ3n) is 3.83. The first-order valence-corrected chi connectivity index (χ1v) is 9.03. The maximum absolute atomic E-state index is 12.9. The van der Waals surface area contributed by atoms with Gasteiger partial charge in [0.15, 0.2) is 0 Å². The summed E-state index contributed by atoms with van der Waals surface area (Å²) in [4.78, 5) is 36.4. The summed E-state index contributed by atoms with van der Waals surface area (Å²) in [5.74, 6) is -3.72. The van der Waals surface area contributed by atoms with Crippen LogP contribution in [0.1, 0.15) is 42.7 Å². The van der Waals surface area contributed by atoms with Crippen LogP contribution in [0.15, 0.2) is 18.2 Å². The van der Waals surface area contributed by atoms with Crippen molar-refractivity contribution in [3.63, 3.8) is 0 Å². The Balaban J connectivity index is 2.15. The van der Waals surface area contributed by atoms with Crippen LogP contribution in [0.2, 0.25) is 5.02 Å². The number of nitrogens with two attached hydrogens (primary N) is 1. The number of benzene rings is 1. The molecule has 3 N–H and O–H groups in total. The normalized spacial score (nSPS) is 16.4. The Morgan fingerprint density at radius 3 is 2.45 bits per heavy atom. The number of rotatable bonds is 5. The van der Waals surface area contributed by atoms with Gasteiger partial charge in [-0.3, -0.25) is 9.69 Å². The average molecular weight is 434 g/mol. The van der Waals surface area contributed by atoms with Gasteiger partial charge in [-0.2, -0.15) is 0 Å². The van der Waals surface area contributed by atoms with Gasteiger partial charge in [-0.05, 0) is 38.5 Å². The summed E-state index contributed by atoms with van der Waals surface area (Å²) in [5.41, 5.74) is 4.86. The molecule has 1 aromatic rings. The van der Waals surface area contributed by atoms with Gasteiger partial charge in [0.1, 0.15) is 12.2 Å². The van der Waals surface area contributed by atoms with Crippen LogP contribution in [0.4, 0.5) is 18.4 Å². The molecule has 8 nitrogen and oxygen atoms in total. The maximum Gasteiger partial charge on any atom is 0.410 e. The lowest BCUT2D eigenvalue weighted by atomic mass is 10.0. The summed E-state index contributed by atoms with van der Waals surface area (Å²) in [7, 11) is 0. The summed E-state index contributed by atoms with van der Waals surface area (Å²) in [6, 6.07) is 3.31. The molecule has 0 radical (unpaired) electrons. The van der Waals surface area contributed by atoms with E-state index in [1.54, 1.807) is 20.8 Å². The molecule has 1 aliphatic heterocycles. The third-order valence-corrected chi connectivity index (χ3v) is 4.15. The number of amides is 3. The van der Waals surface area contributed by atoms with Crippen molar-refractivity contribution in [2.75, 3.05) is 19.7 Å². The molecule has 0 aliphatic carbocycles. The van der Waals surface area contributed by atoms with Crippen LogP contribution in [0, 0.1) is 0 Å². The first-order valence-electron chi connectivity index (χ1n) is 8.66. The van der Waals surface area contributed by atoms with Gasteiger partial charge in [0.25, 0.3) is 5.92 Å². The highest BCUT2D eigenvalue weighted by Crippen LogP contribution is 2.28. The molecule has 0 saturated carbocycles. The first kappa shape index (κ1) is 22.7. The number of halogens is 3. The Kier molecular flexibility index (Phi) is 6.56. The summed E-state index contributed by atoms with van der Waals surface area (Å²) in [6.07, 6.45) is -1.75. The molecule has 3 amide bonds. The van der Waals surface area contributed by atoms with E-state index in [4.69, 9.17) is 26.8 Å². The van der Waals surface area contributed by atoms with Crippen molar-refractivity contribution >= 4 is 29.7 Å². The topological polar surface area (TPSA) is 111 Å². The van der Waals surface area contributed by atoms with Crippen molar-refractivity contribution in [2.45, 2.75) is 38.3 Å². The van der Waals surface area contributed by atoms with Crippen LogP contribution in [0.25, 0.3) is 0 Å². The number of carbonyl (C=O) groups is 3. The fourth-order valence-electron chi connectivity index (χ4n) is 2.51. The van der Waals surface area contributed by atoms with Crippen LogP contribution >= 0.6 is 11.6 Å². The Hall–Kier alpha value is -2.62. The number of alkyl halides is 2. The van der Waals surface area contributed by atoms with Crippen LogP contribution in [-0.4, -0.2) is 54.2 Å². The van der Waals surface area contributed by atoms with E-state index in [0.717, 1.165) is 4.90 Å². The van der Waals surface area contributed by atoms with Gasteiger partial charge in [-0.25, -0.2) is 18.4 Å². The van der Waals surface area contributed by atoms with Crippen molar-refractivity contribution in [3.8, 4) is 0 Å². The number of carbonyl (C=O) groups excluding carboxylic acids is 3. The molecule has 1 fully saturated rings. The number of alkyl carbamates (subject to hydrolysis) is 1. The van der Waals surface area contributed by atoms with Gasteiger partial charge >= 0.3 is 12.2 Å². The Bertz CT molecular complexity index is 805. The molecule has 1 saturated heterocycles. The average Bonchev–Trinajstić information content (AvgIpc) is 2.54. The van der Waals surface area contributed by atoms with E-state index >= 15 is 0 Å². The van der Waals surface area contributed by atoms with Crippen LogP contribution in [0.3, 0.4) is 0 Å². The largest absolute Gasteiger partial charge is 0.447 e. The number of likely N-dealkylation sites (tertiary alicyclic amines) is 1. The van der Waals surface area contributed by atoms with E-state index in [9.17, 15) is 23.2 Å². The first-order chi connectivity index (χ1) is 13.3. The molecule has 1 atom stereocenters. The molecule has 0 bridgehead atoms. The highest BCUT2D eigenvalue weighted by Gasteiger charge is 2.47. The van der Waals surface area contributed by atoms with E-state index < -0.39 is 48.7 Å². The minimum atomic E-state index is -2.93. The number of hydrogen-bond acceptors (Lipinski definition) is 5. The summed E-state index contributed by atoms with van der Waals surface area (Å²) >= 11 is 5.94. The van der Waals surface area contributed by atoms with Crippen molar-refractivity contribution < 1.29 is 32.6 Å². The van der Waals surface area contributed by atoms with Gasteiger partial charge < -0.3 is 20.5 Å². The zero-order valence-electron chi connectivity index (χ0n) is 16.1. The quantitative estimate of drug-likeness (QED) is 0.741. The lowest BCUT2D eigenvalue weighted by molar-refractivity contribution is -0.120. The van der Waals surface area contributed by atoms with Crippen molar-refractivity contribution in [1.29, 1.82) is 0 Å². The van der Waals surface area contributed by atoms with E-state index in [0.29, 0.717) is 5.56 Å². The number of nitrogens with zero attached hydrogens (tertiary/aromatic N) is 1. The predicted octanol–water partition coefficient (Wildman–Crippen LogP) is 3.09. The number of hydrogen-bond donors (Lipinski definition) is 2. The highest BCUT2D eigenvalue weighted by molar-refractivity contribution is 6.33. The summed E-state index contributed by atoms with van der Waals surface area (Å²) in [6.45, 7) is 3.14. The summed E-state index contributed by atoms with van der Waals surface area (Å²) < 4.78 is 36.1. The van der Waals surface area contributed by atoms with E-state index in [2.05, 4.69) is 5.32 Å². The zero-order chi connectivity index (χ0) is 22.0. The smallest absolute Gasteiger partial charge is 0.410 e. The fraction of sp³-hybridized carbons (Fsp3) is 0.500. The second-order valence-electron chi connectivity index (χ2n) is 7.59. The predicted molar refractivity (Wildman–Crippen MR) is 99.9 cm³/mol. The van der Waals surface area contributed by atoms with Gasteiger partial charge in [-0.1, -0.05) is 17.7 Å². The van der Waals surface area contributed by atoms with Crippen LogP contribution in [0.5, 0.6) is 0 Å². The molecule has 1 aliphatic rings. The zero-order valence-corrected chi connectivity index (χ0v) is 16.9. The van der Waals surface area contributed by atoms with Gasteiger partial charge in [0, 0.05) is 0 Å². The van der Waals surface area contributed by atoms with Gasteiger partial charge in [-0.15, -0.1) is 0 Å². The molecule has 29 heavy (non-hydrogen) atoms. The monoisotopic (exact) mass is 433 g/mol. The standard InChI is InChI=1S/C18H22ClF2N3O5/c1-17(2,3)29-15(26)23-13(7-28-16(27)24-8-18(20,21)9-24)10-4-5-12(19)11(6-10)14(22)25/h4-6,13H,7-9H2,1-3H3,(H2,22,25)(H,23,26)/t13-/m1/s1. The second kappa shape index (κ2) is 8.40.